The fraction of sp³-hybridized carbons (Fsp3) is 0.250. The standard InChI is InChI=1S/C16H18N4O/c1-20(11-15-18-16(9-17)21-19-15)10-12-6-7-13-4-2-3-5-14(13)8-12/h2-8H,9-11,17H2,1H3. The summed E-state index contributed by atoms with van der Waals surface area (Å²) in [5.41, 5.74) is 6.72. The van der Waals surface area contributed by atoms with Crippen molar-refractivity contribution in [2.45, 2.75) is 19.6 Å². The molecule has 0 unspecified atom stereocenters. The van der Waals surface area contributed by atoms with Crippen molar-refractivity contribution in [1.29, 1.82) is 0 Å². The molecule has 2 aromatic carbocycles. The third-order valence-corrected chi connectivity index (χ3v) is 3.36. The zero-order valence-corrected chi connectivity index (χ0v) is 12.0. The van der Waals surface area contributed by atoms with Gasteiger partial charge in [0.25, 0.3) is 0 Å². The highest BCUT2D eigenvalue weighted by atomic mass is 16.5. The van der Waals surface area contributed by atoms with Gasteiger partial charge in [0.2, 0.25) is 5.89 Å². The number of nitrogens with two attached hydrogens (primary N) is 1. The second kappa shape index (κ2) is 6.03. The van der Waals surface area contributed by atoms with E-state index in [0.717, 1.165) is 6.54 Å². The second-order valence-corrected chi connectivity index (χ2v) is 5.16. The molecule has 0 spiro atoms. The minimum Gasteiger partial charge on any atom is -0.338 e. The average Bonchev–Trinajstić information content (AvgIpc) is 2.94. The van der Waals surface area contributed by atoms with Crippen LogP contribution in [0.4, 0.5) is 0 Å². The van der Waals surface area contributed by atoms with Gasteiger partial charge in [-0.3, -0.25) is 4.90 Å². The van der Waals surface area contributed by atoms with Crippen LogP contribution in [0, 0.1) is 0 Å². The van der Waals surface area contributed by atoms with E-state index in [1.807, 2.05) is 7.05 Å². The Labute approximate surface area is 123 Å². The number of rotatable bonds is 5. The Balaban J connectivity index is 1.69. The summed E-state index contributed by atoms with van der Waals surface area (Å²) in [6.45, 7) is 1.75. The van der Waals surface area contributed by atoms with Gasteiger partial charge in [-0.1, -0.05) is 41.6 Å². The molecule has 0 bridgehead atoms. The predicted molar refractivity (Wildman–Crippen MR) is 81.3 cm³/mol. The van der Waals surface area contributed by atoms with Crippen molar-refractivity contribution in [3.63, 3.8) is 0 Å². The van der Waals surface area contributed by atoms with Crippen LogP contribution in [0.1, 0.15) is 17.3 Å². The first kappa shape index (κ1) is 13.7. The Hall–Kier alpha value is -2.24. The lowest BCUT2D eigenvalue weighted by atomic mass is 10.1. The Bertz CT molecular complexity index is 738. The first-order chi connectivity index (χ1) is 10.2. The number of hydrogen-bond donors (Lipinski definition) is 1. The molecule has 0 saturated carbocycles. The fourth-order valence-corrected chi connectivity index (χ4v) is 2.38. The highest BCUT2D eigenvalue weighted by Crippen LogP contribution is 2.17. The third-order valence-electron chi connectivity index (χ3n) is 3.36. The molecular weight excluding hydrogens is 264 g/mol. The average molecular weight is 282 g/mol. The lowest BCUT2D eigenvalue weighted by Gasteiger charge is -2.14. The van der Waals surface area contributed by atoms with Gasteiger partial charge in [0.15, 0.2) is 5.82 Å². The summed E-state index contributed by atoms with van der Waals surface area (Å²) in [5, 5.41) is 6.43. The molecule has 1 aromatic heterocycles. The smallest absolute Gasteiger partial charge is 0.240 e. The Morgan fingerprint density at radius 3 is 2.67 bits per heavy atom. The molecule has 0 atom stereocenters. The SMILES string of the molecule is CN(Cc1ccc2ccccc2c1)Cc1noc(CN)n1. The molecule has 0 fully saturated rings. The fourth-order valence-electron chi connectivity index (χ4n) is 2.38. The molecule has 1 heterocycles. The molecule has 5 heteroatoms. The summed E-state index contributed by atoms with van der Waals surface area (Å²) in [5.74, 6) is 1.14. The predicted octanol–water partition coefficient (Wildman–Crippen LogP) is 2.31. The van der Waals surface area contributed by atoms with Crippen LogP contribution in [-0.2, 0) is 19.6 Å². The van der Waals surface area contributed by atoms with Crippen LogP contribution in [-0.4, -0.2) is 22.1 Å². The van der Waals surface area contributed by atoms with Crippen molar-refractivity contribution in [1.82, 2.24) is 15.0 Å². The molecule has 0 radical (unpaired) electrons. The van der Waals surface area contributed by atoms with Crippen LogP contribution in [0.3, 0.4) is 0 Å². The highest BCUT2D eigenvalue weighted by molar-refractivity contribution is 5.82. The van der Waals surface area contributed by atoms with Gasteiger partial charge in [0.1, 0.15) is 0 Å². The summed E-state index contributed by atoms with van der Waals surface area (Å²) in [6.07, 6.45) is 0. The van der Waals surface area contributed by atoms with Crippen LogP contribution in [0.2, 0.25) is 0 Å². The van der Waals surface area contributed by atoms with Crippen molar-refractivity contribution in [2.75, 3.05) is 7.05 Å². The number of nitrogens with zero attached hydrogens (tertiary/aromatic N) is 3. The molecule has 0 amide bonds. The normalized spacial score (nSPS) is 11.4. The summed E-state index contributed by atoms with van der Waals surface area (Å²) < 4.78 is 5.01. The summed E-state index contributed by atoms with van der Waals surface area (Å²) in [7, 11) is 2.04. The van der Waals surface area contributed by atoms with Gasteiger partial charge in [0, 0.05) is 6.54 Å². The molecule has 0 aliphatic carbocycles. The quantitative estimate of drug-likeness (QED) is 0.777. The van der Waals surface area contributed by atoms with E-state index in [4.69, 9.17) is 10.3 Å². The lowest BCUT2D eigenvalue weighted by molar-refractivity contribution is 0.300. The van der Waals surface area contributed by atoms with Crippen molar-refractivity contribution in [2.24, 2.45) is 5.73 Å². The molecule has 5 nitrogen and oxygen atoms in total. The van der Waals surface area contributed by atoms with Gasteiger partial charge in [-0.15, -0.1) is 0 Å². The van der Waals surface area contributed by atoms with Crippen LogP contribution < -0.4 is 5.73 Å². The second-order valence-electron chi connectivity index (χ2n) is 5.16. The maximum absolute atomic E-state index is 5.46. The molecule has 0 aliphatic rings. The maximum Gasteiger partial charge on any atom is 0.240 e. The first-order valence-electron chi connectivity index (χ1n) is 6.92. The van der Waals surface area contributed by atoms with E-state index in [-0.39, 0.29) is 6.54 Å². The largest absolute Gasteiger partial charge is 0.338 e. The highest BCUT2D eigenvalue weighted by Gasteiger charge is 2.08. The molecule has 0 saturated heterocycles. The zero-order chi connectivity index (χ0) is 14.7. The molecule has 0 aliphatic heterocycles. The lowest BCUT2D eigenvalue weighted by Crippen LogP contribution is -2.18. The molecule has 3 rings (SSSR count). The van der Waals surface area contributed by atoms with Gasteiger partial charge in [0.05, 0.1) is 13.1 Å². The van der Waals surface area contributed by atoms with Crippen molar-refractivity contribution in [3.8, 4) is 0 Å². The van der Waals surface area contributed by atoms with Gasteiger partial charge in [-0.2, -0.15) is 4.98 Å². The minimum atomic E-state index is 0.279. The van der Waals surface area contributed by atoms with Crippen LogP contribution in [0.15, 0.2) is 47.0 Å². The topological polar surface area (TPSA) is 68.2 Å². The van der Waals surface area contributed by atoms with E-state index < -0.39 is 0 Å². The maximum atomic E-state index is 5.46. The Morgan fingerprint density at radius 1 is 1.10 bits per heavy atom. The molecule has 2 N–H and O–H groups in total. The van der Waals surface area contributed by atoms with Gasteiger partial charge < -0.3 is 10.3 Å². The van der Waals surface area contributed by atoms with Gasteiger partial charge in [-0.25, -0.2) is 0 Å². The summed E-state index contributed by atoms with van der Waals surface area (Å²) in [6, 6.07) is 14.9. The molecular formula is C16H18N4O. The Morgan fingerprint density at radius 2 is 1.90 bits per heavy atom. The van der Waals surface area contributed by atoms with Gasteiger partial charge >= 0.3 is 0 Å². The summed E-state index contributed by atoms with van der Waals surface area (Å²) >= 11 is 0. The number of fused-ring (bicyclic) bond motifs is 1. The minimum absolute atomic E-state index is 0.279. The van der Waals surface area contributed by atoms with E-state index in [0.29, 0.717) is 18.3 Å². The van der Waals surface area contributed by atoms with Crippen molar-refractivity contribution < 1.29 is 4.52 Å². The van der Waals surface area contributed by atoms with Crippen LogP contribution in [0.5, 0.6) is 0 Å². The van der Waals surface area contributed by atoms with E-state index in [1.165, 1.54) is 16.3 Å². The van der Waals surface area contributed by atoms with E-state index >= 15 is 0 Å². The van der Waals surface area contributed by atoms with Crippen LogP contribution >= 0.6 is 0 Å². The Kier molecular flexibility index (Phi) is 3.94. The molecule has 21 heavy (non-hydrogen) atoms. The van der Waals surface area contributed by atoms with E-state index in [9.17, 15) is 0 Å². The zero-order valence-electron chi connectivity index (χ0n) is 12.0. The van der Waals surface area contributed by atoms with Crippen molar-refractivity contribution >= 4 is 10.8 Å². The van der Waals surface area contributed by atoms with E-state index in [2.05, 4.69) is 57.5 Å². The third kappa shape index (κ3) is 3.26. The van der Waals surface area contributed by atoms with Crippen LogP contribution in [0.25, 0.3) is 10.8 Å². The molecule has 3 aromatic rings. The number of hydrogen-bond acceptors (Lipinski definition) is 5. The number of aromatic nitrogens is 2. The monoisotopic (exact) mass is 282 g/mol. The van der Waals surface area contributed by atoms with Crippen molar-refractivity contribution in [3.05, 3.63) is 59.7 Å². The summed E-state index contributed by atoms with van der Waals surface area (Å²) in [4.78, 5) is 6.36. The van der Waals surface area contributed by atoms with E-state index in [1.54, 1.807) is 0 Å². The number of benzene rings is 2. The molecule has 108 valence electrons. The first-order valence-corrected chi connectivity index (χ1v) is 6.92. The van der Waals surface area contributed by atoms with Gasteiger partial charge in [-0.05, 0) is 29.4 Å².